The molecule has 0 aliphatic carbocycles. The number of carboxylic acids is 1. The molecule has 1 aliphatic rings. The lowest BCUT2D eigenvalue weighted by molar-refractivity contribution is 0.0689. The van der Waals surface area contributed by atoms with Gasteiger partial charge in [0, 0.05) is 12.0 Å². The van der Waals surface area contributed by atoms with Crippen molar-refractivity contribution in [3.05, 3.63) is 41.6 Å². The Bertz CT molecular complexity index is 608. The molecule has 1 aliphatic heterocycles. The highest BCUT2D eigenvalue weighted by Crippen LogP contribution is 2.35. The highest BCUT2D eigenvalue weighted by Gasteiger charge is 2.18. The summed E-state index contributed by atoms with van der Waals surface area (Å²) in [6.45, 7) is 0.674. The van der Waals surface area contributed by atoms with E-state index in [2.05, 4.69) is 10.2 Å². The minimum Gasteiger partial charge on any atom is -0.492 e. The third-order valence-corrected chi connectivity index (χ3v) is 2.87. The number of aromatic carboxylic acids is 1. The fraction of sp³-hybridized carbons (Fsp3) is 0.154. The quantitative estimate of drug-likeness (QED) is 0.868. The molecule has 0 bridgehead atoms. The van der Waals surface area contributed by atoms with Gasteiger partial charge in [-0.25, -0.2) is 4.79 Å². The molecule has 1 aromatic carbocycles. The molecule has 0 radical (unpaired) electrons. The van der Waals surface area contributed by atoms with Gasteiger partial charge in [-0.1, -0.05) is 12.1 Å². The molecule has 5 nitrogen and oxygen atoms in total. The van der Waals surface area contributed by atoms with E-state index in [-0.39, 0.29) is 5.69 Å². The van der Waals surface area contributed by atoms with Crippen LogP contribution in [0.4, 0.5) is 0 Å². The van der Waals surface area contributed by atoms with Gasteiger partial charge in [-0.15, -0.1) is 10.2 Å². The third kappa shape index (κ3) is 1.69. The second-order valence-corrected chi connectivity index (χ2v) is 4.00. The van der Waals surface area contributed by atoms with E-state index < -0.39 is 5.97 Å². The van der Waals surface area contributed by atoms with Crippen LogP contribution < -0.4 is 4.74 Å². The van der Waals surface area contributed by atoms with Crippen molar-refractivity contribution in [2.75, 3.05) is 6.61 Å². The van der Waals surface area contributed by atoms with Gasteiger partial charge in [0.05, 0.1) is 12.3 Å². The molecular weight excluding hydrogens is 232 g/mol. The Hall–Kier alpha value is -2.43. The summed E-state index contributed by atoms with van der Waals surface area (Å²) >= 11 is 0. The van der Waals surface area contributed by atoms with Crippen LogP contribution in [0.1, 0.15) is 16.1 Å². The summed E-state index contributed by atoms with van der Waals surface area (Å²) in [5, 5.41) is 16.4. The lowest BCUT2D eigenvalue weighted by Crippen LogP contribution is -2.02. The van der Waals surface area contributed by atoms with Gasteiger partial charge in [0.2, 0.25) is 0 Å². The molecule has 2 heterocycles. The molecule has 18 heavy (non-hydrogen) atoms. The normalized spacial score (nSPS) is 12.9. The van der Waals surface area contributed by atoms with Gasteiger partial charge >= 0.3 is 5.97 Å². The third-order valence-electron chi connectivity index (χ3n) is 2.87. The highest BCUT2D eigenvalue weighted by atomic mass is 16.5. The van der Waals surface area contributed by atoms with Gasteiger partial charge in [0.25, 0.3) is 0 Å². The molecule has 2 aromatic rings. The molecule has 0 saturated heterocycles. The Morgan fingerprint density at radius 1 is 1.22 bits per heavy atom. The average Bonchev–Trinajstić information content (AvgIpc) is 2.87. The van der Waals surface area contributed by atoms with Gasteiger partial charge in [0.15, 0.2) is 5.69 Å². The van der Waals surface area contributed by atoms with Crippen molar-refractivity contribution in [3.63, 3.8) is 0 Å². The number of carboxylic acid groups (broad SMARTS) is 1. The summed E-state index contributed by atoms with van der Waals surface area (Å²) in [6.07, 6.45) is 0.893. The summed E-state index contributed by atoms with van der Waals surface area (Å²) in [5.74, 6) is -0.251. The van der Waals surface area contributed by atoms with E-state index in [0.29, 0.717) is 12.3 Å². The predicted octanol–water partition coefficient (Wildman–Crippen LogP) is 1.78. The van der Waals surface area contributed by atoms with Crippen LogP contribution in [-0.4, -0.2) is 27.9 Å². The van der Waals surface area contributed by atoms with Crippen molar-refractivity contribution in [3.8, 4) is 17.0 Å². The first-order valence-corrected chi connectivity index (χ1v) is 5.58. The van der Waals surface area contributed by atoms with E-state index in [1.807, 2.05) is 18.2 Å². The molecule has 3 rings (SSSR count). The number of hydrogen-bond donors (Lipinski definition) is 1. The first-order chi connectivity index (χ1) is 8.75. The topological polar surface area (TPSA) is 72.3 Å². The van der Waals surface area contributed by atoms with Crippen LogP contribution in [0, 0.1) is 0 Å². The van der Waals surface area contributed by atoms with E-state index in [9.17, 15) is 4.79 Å². The number of para-hydroxylation sites is 1. The SMILES string of the molecule is O=C(O)c1ccc(-c2cccc3c2OCC3)nn1. The molecular formula is C13H10N2O3. The summed E-state index contributed by atoms with van der Waals surface area (Å²) in [4.78, 5) is 10.7. The molecule has 5 heteroatoms. The number of ether oxygens (including phenoxy) is 1. The number of aromatic nitrogens is 2. The first kappa shape index (κ1) is 10.7. The Balaban J connectivity index is 2.05. The van der Waals surface area contributed by atoms with Gasteiger partial charge in [-0.05, 0) is 23.8 Å². The molecule has 0 unspecified atom stereocenters. The summed E-state index contributed by atoms with van der Waals surface area (Å²) in [5.41, 5.74) is 2.57. The van der Waals surface area contributed by atoms with Crippen LogP contribution >= 0.6 is 0 Å². The van der Waals surface area contributed by atoms with E-state index >= 15 is 0 Å². The van der Waals surface area contributed by atoms with Crippen LogP contribution in [0.3, 0.4) is 0 Å². The van der Waals surface area contributed by atoms with Crippen LogP contribution in [0.2, 0.25) is 0 Å². The number of hydrogen-bond acceptors (Lipinski definition) is 4. The largest absolute Gasteiger partial charge is 0.492 e. The summed E-state index contributed by atoms with van der Waals surface area (Å²) in [6, 6.07) is 8.95. The second-order valence-electron chi connectivity index (χ2n) is 4.00. The highest BCUT2D eigenvalue weighted by molar-refractivity contribution is 5.85. The van der Waals surface area contributed by atoms with Crippen LogP contribution in [-0.2, 0) is 6.42 Å². The second kappa shape index (κ2) is 4.10. The molecule has 1 N–H and O–H groups in total. The lowest BCUT2D eigenvalue weighted by Gasteiger charge is -2.06. The van der Waals surface area contributed by atoms with E-state index in [1.54, 1.807) is 6.07 Å². The monoisotopic (exact) mass is 242 g/mol. The molecule has 0 saturated carbocycles. The number of rotatable bonds is 2. The minimum absolute atomic E-state index is 0.0627. The van der Waals surface area contributed by atoms with E-state index in [1.165, 1.54) is 6.07 Å². The van der Waals surface area contributed by atoms with Crippen molar-refractivity contribution in [2.45, 2.75) is 6.42 Å². The van der Waals surface area contributed by atoms with Gasteiger partial charge in [-0.3, -0.25) is 0 Å². The number of benzene rings is 1. The van der Waals surface area contributed by atoms with Crippen molar-refractivity contribution >= 4 is 5.97 Å². The Kier molecular flexibility index (Phi) is 2.44. The number of nitrogens with zero attached hydrogens (tertiary/aromatic N) is 2. The number of fused-ring (bicyclic) bond motifs is 1. The Morgan fingerprint density at radius 2 is 2.11 bits per heavy atom. The zero-order valence-electron chi connectivity index (χ0n) is 9.46. The lowest BCUT2D eigenvalue weighted by atomic mass is 10.1. The van der Waals surface area contributed by atoms with Gasteiger partial charge in [0.1, 0.15) is 5.75 Å². The van der Waals surface area contributed by atoms with Crippen molar-refractivity contribution < 1.29 is 14.6 Å². The van der Waals surface area contributed by atoms with Crippen LogP contribution in [0.25, 0.3) is 11.3 Å². The standard InChI is InChI=1S/C13H10N2O3/c16-13(17)11-5-4-10(14-15-11)9-3-1-2-8-6-7-18-12(8)9/h1-5H,6-7H2,(H,16,17). The molecule has 0 atom stereocenters. The van der Waals surface area contributed by atoms with Crippen molar-refractivity contribution in [1.29, 1.82) is 0 Å². The minimum atomic E-state index is -1.08. The van der Waals surface area contributed by atoms with Gasteiger partial charge < -0.3 is 9.84 Å². The fourth-order valence-electron chi connectivity index (χ4n) is 2.01. The van der Waals surface area contributed by atoms with E-state index in [0.717, 1.165) is 23.3 Å². The first-order valence-electron chi connectivity index (χ1n) is 5.58. The van der Waals surface area contributed by atoms with Crippen molar-refractivity contribution in [1.82, 2.24) is 10.2 Å². The van der Waals surface area contributed by atoms with E-state index in [4.69, 9.17) is 9.84 Å². The molecule has 0 spiro atoms. The molecule has 1 aromatic heterocycles. The molecule has 0 amide bonds. The van der Waals surface area contributed by atoms with Crippen LogP contribution in [0.5, 0.6) is 5.75 Å². The zero-order chi connectivity index (χ0) is 12.5. The summed E-state index contributed by atoms with van der Waals surface area (Å²) < 4.78 is 5.58. The average molecular weight is 242 g/mol. The Labute approximate surface area is 103 Å². The molecule has 0 fully saturated rings. The zero-order valence-corrected chi connectivity index (χ0v) is 9.46. The number of carbonyl (C=O) groups is 1. The van der Waals surface area contributed by atoms with Gasteiger partial charge in [-0.2, -0.15) is 0 Å². The van der Waals surface area contributed by atoms with Crippen molar-refractivity contribution in [2.24, 2.45) is 0 Å². The maximum absolute atomic E-state index is 10.7. The Morgan fingerprint density at radius 3 is 2.83 bits per heavy atom. The summed E-state index contributed by atoms with van der Waals surface area (Å²) in [7, 11) is 0. The fourth-order valence-corrected chi connectivity index (χ4v) is 2.01. The molecule has 90 valence electrons. The van der Waals surface area contributed by atoms with Crippen LogP contribution in [0.15, 0.2) is 30.3 Å². The predicted molar refractivity (Wildman–Crippen MR) is 63.6 cm³/mol. The maximum atomic E-state index is 10.7. The maximum Gasteiger partial charge on any atom is 0.356 e. The smallest absolute Gasteiger partial charge is 0.356 e.